The van der Waals surface area contributed by atoms with Crippen LogP contribution in [0, 0.1) is 0 Å². The maximum atomic E-state index is 11.1. The van der Waals surface area contributed by atoms with Crippen molar-refractivity contribution in [2.45, 2.75) is 0 Å². The van der Waals surface area contributed by atoms with Crippen LogP contribution < -0.4 is 5.90 Å². The van der Waals surface area contributed by atoms with Crippen molar-refractivity contribution in [2.75, 3.05) is 20.9 Å². The molecule has 2 atom stereocenters. The summed E-state index contributed by atoms with van der Waals surface area (Å²) in [6.07, 6.45) is 0. The number of hydrogen-bond acceptors (Lipinski definition) is 6. The molecule has 8 heteroatoms. The van der Waals surface area contributed by atoms with Crippen molar-refractivity contribution in [1.82, 2.24) is 0 Å². The molecule has 0 saturated carbocycles. The van der Waals surface area contributed by atoms with Gasteiger partial charge in [0.05, 0.1) is 0 Å². The maximum absolute atomic E-state index is 11.1. The van der Waals surface area contributed by atoms with Gasteiger partial charge in [-0.3, -0.25) is 4.52 Å². The zero-order valence-corrected chi connectivity index (χ0v) is 8.30. The molecule has 68 valence electrons. The van der Waals surface area contributed by atoms with Gasteiger partial charge < -0.3 is 4.52 Å². The first-order valence-electron chi connectivity index (χ1n) is 2.59. The number of phosphoric acid groups is 1. The lowest BCUT2D eigenvalue weighted by atomic mass is 11.8. The van der Waals surface area contributed by atoms with Crippen LogP contribution in [0.1, 0.15) is 0 Å². The Hall–Kier alpha value is 0.460. The molecule has 6 nitrogen and oxygen atoms in total. The van der Waals surface area contributed by atoms with Gasteiger partial charge in [-0.2, -0.15) is 0 Å². The van der Waals surface area contributed by atoms with Crippen molar-refractivity contribution in [3.05, 3.63) is 0 Å². The Kier molecular flexibility index (Phi) is 5.38. The third-order valence-corrected chi connectivity index (χ3v) is 3.76. The van der Waals surface area contributed by atoms with Gasteiger partial charge in [0, 0.05) is 20.9 Å². The zero-order chi connectivity index (χ0) is 8.91. The van der Waals surface area contributed by atoms with Crippen LogP contribution in [-0.2, 0) is 22.5 Å². The highest BCUT2D eigenvalue weighted by atomic mass is 31.3. The van der Waals surface area contributed by atoms with Crippen LogP contribution in [0.3, 0.4) is 0 Å². The molecule has 0 aliphatic rings. The minimum absolute atomic E-state index is 1.17. The summed E-state index contributed by atoms with van der Waals surface area (Å²) in [7, 11) is -2.25. The predicted octanol–water partition coefficient (Wildman–Crippen LogP) is 1.24. The fourth-order valence-corrected chi connectivity index (χ4v) is 2.17. The van der Waals surface area contributed by atoms with Crippen molar-refractivity contribution in [2.24, 2.45) is 5.90 Å². The van der Waals surface area contributed by atoms with Crippen LogP contribution in [0.2, 0.25) is 0 Å². The van der Waals surface area contributed by atoms with E-state index in [0.717, 1.165) is 0 Å². The molecule has 0 aromatic heterocycles. The van der Waals surface area contributed by atoms with Crippen LogP contribution in [0.4, 0.5) is 0 Å². The zero-order valence-electron chi connectivity index (χ0n) is 6.51. The van der Waals surface area contributed by atoms with Gasteiger partial charge in [-0.25, -0.2) is 19.4 Å². The van der Waals surface area contributed by atoms with Crippen molar-refractivity contribution in [1.29, 1.82) is 0 Å². The molecule has 0 aliphatic carbocycles. The maximum Gasteiger partial charge on any atom is 0.496 e. The van der Waals surface area contributed by atoms with Gasteiger partial charge >= 0.3 is 7.82 Å². The van der Waals surface area contributed by atoms with Crippen molar-refractivity contribution in [3.8, 4) is 0 Å². The van der Waals surface area contributed by atoms with E-state index in [1.165, 1.54) is 14.2 Å². The van der Waals surface area contributed by atoms with E-state index in [1.807, 2.05) is 0 Å². The van der Waals surface area contributed by atoms with Crippen molar-refractivity contribution < 1.29 is 22.5 Å². The topological polar surface area (TPSA) is 80.0 Å². The molecule has 0 rings (SSSR count). The highest BCUT2D eigenvalue weighted by Gasteiger charge is 2.27. The van der Waals surface area contributed by atoms with Gasteiger partial charge in [0.1, 0.15) is 0 Å². The Balaban J connectivity index is 3.97. The highest BCUT2D eigenvalue weighted by Crippen LogP contribution is 2.57. The van der Waals surface area contributed by atoms with E-state index in [2.05, 4.69) is 15.0 Å². The Morgan fingerprint density at radius 3 is 2.27 bits per heavy atom. The lowest BCUT2D eigenvalue weighted by Crippen LogP contribution is -2.00. The van der Waals surface area contributed by atoms with E-state index >= 15 is 0 Å². The average molecular weight is 203 g/mol. The number of hydrogen-bond donors (Lipinski definition) is 1. The molecule has 0 amide bonds. The Morgan fingerprint density at radius 1 is 1.45 bits per heavy atom. The molecule has 2 N–H and O–H groups in total. The molecule has 0 aromatic rings. The van der Waals surface area contributed by atoms with Gasteiger partial charge in [0.15, 0.2) is 8.38 Å². The quantitative estimate of drug-likeness (QED) is 0.534. The monoisotopic (exact) mass is 203 g/mol. The van der Waals surface area contributed by atoms with E-state index in [9.17, 15) is 4.57 Å². The van der Waals surface area contributed by atoms with Gasteiger partial charge in [-0.15, -0.1) is 0 Å². The minimum Gasteiger partial charge on any atom is -0.337 e. The second-order valence-corrected chi connectivity index (χ2v) is 4.81. The van der Waals surface area contributed by atoms with Gasteiger partial charge in [-0.1, -0.05) is 0 Å². The summed E-state index contributed by atoms with van der Waals surface area (Å²) in [6, 6.07) is 0. The number of rotatable bonds is 5. The molecule has 0 fully saturated rings. The van der Waals surface area contributed by atoms with Crippen LogP contribution in [0.15, 0.2) is 0 Å². The van der Waals surface area contributed by atoms with E-state index < -0.39 is 16.2 Å². The third-order valence-electron chi connectivity index (χ3n) is 0.825. The normalized spacial score (nSPS) is 19.3. The largest absolute Gasteiger partial charge is 0.496 e. The Morgan fingerprint density at radius 2 is 2.00 bits per heavy atom. The first kappa shape index (κ1) is 11.5. The third kappa shape index (κ3) is 4.13. The van der Waals surface area contributed by atoms with Gasteiger partial charge in [0.2, 0.25) is 0 Å². The second-order valence-electron chi connectivity index (χ2n) is 1.44. The van der Waals surface area contributed by atoms with E-state index in [0.29, 0.717) is 0 Å². The van der Waals surface area contributed by atoms with Crippen molar-refractivity contribution >= 4 is 16.2 Å². The highest BCUT2D eigenvalue weighted by molar-refractivity contribution is 7.61. The molecule has 0 bridgehead atoms. The first-order chi connectivity index (χ1) is 5.08. The summed E-state index contributed by atoms with van der Waals surface area (Å²) in [6.45, 7) is 1.60. The summed E-state index contributed by atoms with van der Waals surface area (Å²) in [5, 5.41) is 0. The van der Waals surface area contributed by atoms with Gasteiger partial charge in [0.25, 0.3) is 0 Å². The summed E-state index contributed by atoms with van der Waals surface area (Å²) >= 11 is 0. The van der Waals surface area contributed by atoms with Crippen molar-refractivity contribution in [3.63, 3.8) is 0 Å². The smallest absolute Gasteiger partial charge is 0.337 e. The molecule has 0 aromatic carbocycles. The lowest BCUT2D eigenvalue weighted by Gasteiger charge is -2.15. The Bertz CT molecular complexity index is 145. The fourth-order valence-electron chi connectivity index (χ4n) is 0.270. The summed E-state index contributed by atoms with van der Waals surface area (Å²) in [5.74, 6) is 4.66. The molecule has 2 unspecified atom stereocenters. The van der Waals surface area contributed by atoms with E-state index in [1.54, 1.807) is 6.66 Å². The standard InChI is InChI=1S/C3H11NO5P2/c1-6-10(3)9-11(5,7-2)8-4/h4H2,1-3H3. The average Bonchev–Trinajstić information content (AvgIpc) is 2.04. The van der Waals surface area contributed by atoms with Crippen LogP contribution in [0.25, 0.3) is 0 Å². The van der Waals surface area contributed by atoms with Crippen LogP contribution in [-0.4, -0.2) is 20.9 Å². The van der Waals surface area contributed by atoms with Crippen LogP contribution >= 0.6 is 16.2 Å². The minimum atomic E-state index is -3.57. The van der Waals surface area contributed by atoms with E-state index in [-0.39, 0.29) is 0 Å². The Labute approximate surface area is 66.4 Å². The second kappa shape index (κ2) is 5.17. The first-order valence-corrected chi connectivity index (χ1v) is 5.68. The molecule has 0 spiro atoms. The molecular weight excluding hydrogens is 192 g/mol. The van der Waals surface area contributed by atoms with E-state index in [4.69, 9.17) is 8.83 Å². The lowest BCUT2D eigenvalue weighted by molar-refractivity contribution is 0.181. The van der Waals surface area contributed by atoms with Crippen LogP contribution in [0.5, 0.6) is 0 Å². The molecular formula is C3H11NO5P2. The molecule has 0 saturated heterocycles. The summed E-state index contributed by atoms with van der Waals surface area (Å²) in [5.41, 5.74) is 0. The number of nitrogens with two attached hydrogens (primary N) is 1. The summed E-state index contributed by atoms with van der Waals surface area (Å²) < 4.78 is 28.9. The SMILES string of the molecule is COP(C)OP(=O)(OC)ON. The molecule has 0 radical (unpaired) electrons. The predicted molar refractivity (Wildman–Crippen MR) is 40.8 cm³/mol. The molecule has 0 aliphatic heterocycles. The molecule has 0 heterocycles. The molecule has 11 heavy (non-hydrogen) atoms. The fraction of sp³-hybridized carbons (Fsp3) is 1.00. The van der Waals surface area contributed by atoms with Gasteiger partial charge in [-0.05, 0) is 0 Å². The summed E-state index contributed by atoms with van der Waals surface area (Å²) in [4.78, 5) is 0.